The number of nitrogens with one attached hydrogen (secondary N) is 2. The third-order valence-electron chi connectivity index (χ3n) is 3.97. The molecule has 1 fully saturated rings. The van der Waals surface area contributed by atoms with Crippen molar-refractivity contribution in [1.29, 1.82) is 0 Å². The van der Waals surface area contributed by atoms with Crippen molar-refractivity contribution in [2.45, 2.75) is 19.0 Å². The molecule has 0 aromatic heterocycles. The van der Waals surface area contributed by atoms with Crippen molar-refractivity contribution >= 4 is 40.8 Å². The summed E-state index contributed by atoms with van der Waals surface area (Å²) in [5.74, 6) is 0.0231. The Morgan fingerprint density at radius 3 is 2.64 bits per heavy atom. The minimum atomic E-state index is -0.413. The van der Waals surface area contributed by atoms with Crippen LogP contribution in [0.2, 0.25) is 10.0 Å². The fourth-order valence-corrected chi connectivity index (χ4v) is 3.12. The molecule has 25 heavy (non-hydrogen) atoms. The van der Waals surface area contributed by atoms with E-state index in [1.807, 2.05) is 30.3 Å². The van der Waals surface area contributed by atoms with Crippen molar-refractivity contribution in [1.82, 2.24) is 10.2 Å². The minimum Gasteiger partial charge on any atom is -0.336 e. The Balaban J connectivity index is 1.56. The summed E-state index contributed by atoms with van der Waals surface area (Å²) < 4.78 is 0. The van der Waals surface area contributed by atoms with Gasteiger partial charge in [0.15, 0.2) is 0 Å². The number of hydrogen-bond acceptors (Lipinski definition) is 2. The Morgan fingerprint density at radius 2 is 1.88 bits per heavy atom. The molecule has 5 nitrogen and oxygen atoms in total. The normalized spacial score (nSPS) is 16.8. The molecule has 0 saturated carbocycles. The Labute approximate surface area is 155 Å². The molecule has 1 atom stereocenters. The van der Waals surface area contributed by atoms with E-state index in [4.69, 9.17) is 23.2 Å². The van der Waals surface area contributed by atoms with Crippen LogP contribution in [0.3, 0.4) is 0 Å². The van der Waals surface area contributed by atoms with Gasteiger partial charge in [-0.15, -0.1) is 0 Å². The predicted octanol–water partition coefficient (Wildman–Crippen LogP) is 3.92. The topological polar surface area (TPSA) is 61.4 Å². The van der Waals surface area contributed by atoms with Gasteiger partial charge in [0.1, 0.15) is 0 Å². The number of benzene rings is 2. The average molecular weight is 378 g/mol. The molecule has 1 aliphatic heterocycles. The zero-order chi connectivity index (χ0) is 17.8. The Bertz CT molecular complexity index is 783. The number of halogens is 2. The smallest absolute Gasteiger partial charge is 0.319 e. The Morgan fingerprint density at radius 1 is 1.12 bits per heavy atom. The molecule has 3 rings (SSSR count). The highest BCUT2D eigenvalue weighted by Crippen LogP contribution is 2.29. The largest absolute Gasteiger partial charge is 0.336 e. The van der Waals surface area contributed by atoms with Crippen LogP contribution in [0.1, 0.15) is 12.0 Å². The van der Waals surface area contributed by atoms with Gasteiger partial charge in [-0.25, -0.2) is 4.79 Å². The molecule has 0 aliphatic carbocycles. The number of carbonyl (C=O) groups is 2. The van der Waals surface area contributed by atoms with E-state index in [0.29, 0.717) is 23.8 Å². The molecule has 0 radical (unpaired) electrons. The maximum atomic E-state index is 12.1. The van der Waals surface area contributed by atoms with Gasteiger partial charge in [0.2, 0.25) is 5.91 Å². The summed E-state index contributed by atoms with van der Waals surface area (Å²) in [5.41, 5.74) is 1.49. The average Bonchev–Trinajstić information content (AvgIpc) is 2.92. The van der Waals surface area contributed by atoms with E-state index < -0.39 is 6.03 Å². The fraction of sp³-hybridized carbons (Fsp3) is 0.222. The van der Waals surface area contributed by atoms with Crippen LogP contribution in [0.25, 0.3) is 0 Å². The zero-order valence-corrected chi connectivity index (χ0v) is 14.8. The third kappa shape index (κ3) is 4.44. The second kappa shape index (κ2) is 7.76. The van der Waals surface area contributed by atoms with Crippen LogP contribution in [0.4, 0.5) is 10.5 Å². The highest BCUT2D eigenvalue weighted by atomic mass is 35.5. The second-order valence-corrected chi connectivity index (χ2v) is 6.65. The summed E-state index contributed by atoms with van der Waals surface area (Å²) in [6.45, 7) is 1.02. The van der Waals surface area contributed by atoms with E-state index in [2.05, 4.69) is 10.6 Å². The van der Waals surface area contributed by atoms with E-state index >= 15 is 0 Å². The van der Waals surface area contributed by atoms with Crippen molar-refractivity contribution in [3.63, 3.8) is 0 Å². The monoisotopic (exact) mass is 377 g/mol. The van der Waals surface area contributed by atoms with Crippen LogP contribution in [0.5, 0.6) is 0 Å². The van der Waals surface area contributed by atoms with Crippen LogP contribution < -0.4 is 10.6 Å². The molecular formula is C18H17Cl2N3O2. The molecule has 1 heterocycles. The van der Waals surface area contributed by atoms with Gasteiger partial charge >= 0.3 is 6.03 Å². The van der Waals surface area contributed by atoms with Crippen LogP contribution in [0.15, 0.2) is 48.5 Å². The van der Waals surface area contributed by atoms with Crippen molar-refractivity contribution in [3.05, 3.63) is 64.1 Å². The molecule has 1 aliphatic rings. The van der Waals surface area contributed by atoms with E-state index in [1.165, 1.54) is 0 Å². The van der Waals surface area contributed by atoms with Gasteiger partial charge in [-0.05, 0) is 17.7 Å². The van der Waals surface area contributed by atoms with Crippen molar-refractivity contribution in [2.75, 3.05) is 11.9 Å². The summed E-state index contributed by atoms with van der Waals surface area (Å²) in [7, 11) is 0. The summed E-state index contributed by atoms with van der Waals surface area (Å²) in [5, 5.41) is 6.12. The summed E-state index contributed by atoms with van der Waals surface area (Å²) in [4.78, 5) is 26.0. The molecular weight excluding hydrogens is 361 g/mol. The van der Waals surface area contributed by atoms with Gasteiger partial charge in [0, 0.05) is 19.5 Å². The molecule has 3 amide bonds. The van der Waals surface area contributed by atoms with Crippen LogP contribution in [0, 0.1) is 0 Å². The van der Waals surface area contributed by atoms with Gasteiger partial charge in [-0.1, -0.05) is 59.6 Å². The number of anilines is 1. The lowest BCUT2D eigenvalue weighted by molar-refractivity contribution is -0.128. The molecule has 7 heteroatoms. The summed E-state index contributed by atoms with van der Waals surface area (Å²) >= 11 is 12.0. The first-order valence-corrected chi connectivity index (χ1v) is 8.62. The van der Waals surface area contributed by atoms with Gasteiger partial charge in [-0.2, -0.15) is 0 Å². The van der Waals surface area contributed by atoms with Crippen molar-refractivity contribution in [3.8, 4) is 0 Å². The first-order valence-electron chi connectivity index (χ1n) is 7.86. The predicted molar refractivity (Wildman–Crippen MR) is 98.9 cm³/mol. The number of amides is 3. The number of likely N-dealkylation sites (tertiary alicyclic amines) is 1. The third-order valence-corrected chi connectivity index (χ3v) is 4.78. The van der Waals surface area contributed by atoms with Crippen LogP contribution in [-0.2, 0) is 11.3 Å². The molecule has 2 aromatic rings. The standard InChI is InChI=1S/C18H17Cl2N3O2/c19-14-7-4-8-15(17(14)20)22-18(25)21-13-9-16(24)23(11-13)10-12-5-2-1-3-6-12/h1-8,13H,9-11H2,(H2,21,22,25). The number of rotatable bonds is 4. The van der Waals surface area contributed by atoms with E-state index in [1.54, 1.807) is 23.1 Å². The van der Waals surface area contributed by atoms with Crippen molar-refractivity contribution < 1.29 is 9.59 Å². The lowest BCUT2D eigenvalue weighted by Gasteiger charge is -2.17. The van der Waals surface area contributed by atoms with Gasteiger partial charge < -0.3 is 15.5 Å². The van der Waals surface area contributed by atoms with Gasteiger partial charge in [0.25, 0.3) is 0 Å². The maximum Gasteiger partial charge on any atom is 0.319 e. The maximum absolute atomic E-state index is 12.1. The molecule has 0 bridgehead atoms. The quantitative estimate of drug-likeness (QED) is 0.847. The van der Waals surface area contributed by atoms with Crippen LogP contribution >= 0.6 is 23.2 Å². The zero-order valence-electron chi connectivity index (χ0n) is 13.3. The molecule has 2 aromatic carbocycles. The highest BCUT2D eigenvalue weighted by molar-refractivity contribution is 6.43. The number of urea groups is 1. The Kier molecular flexibility index (Phi) is 5.46. The first kappa shape index (κ1) is 17.6. The lowest BCUT2D eigenvalue weighted by Crippen LogP contribution is -2.39. The number of carbonyl (C=O) groups excluding carboxylic acids is 2. The SMILES string of the molecule is O=C(Nc1cccc(Cl)c1Cl)NC1CC(=O)N(Cc2ccccc2)C1. The molecule has 2 N–H and O–H groups in total. The number of nitrogens with zero attached hydrogens (tertiary/aromatic N) is 1. The second-order valence-electron chi connectivity index (χ2n) is 5.86. The van der Waals surface area contributed by atoms with E-state index in [-0.39, 0.29) is 23.4 Å². The van der Waals surface area contributed by atoms with E-state index in [9.17, 15) is 9.59 Å². The van der Waals surface area contributed by atoms with Crippen molar-refractivity contribution in [2.24, 2.45) is 0 Å². The molecule has 1 unspecified atom stereocenters. The lowest BCUT2D eigenvalue weighted by atomic mass is 10.2. The molecule has 1 saturated heterocycles. The van der Waals surface area contributed by atoms with Gasteiger partial charge in [-0.3, -0.25) is 4.79 Å². The Hall–Kier alpha value is -2.24. The van der Waals surface area contributed by atoms with Gasteiger partial charge in [0.05, 0.1) is 21.8 Å². The highest BCUT2D eigenvalue weighted by Gasteiger charge is 2.30. The molecule has 0 spiro atoms. The minimum absolute atomic E-state index is 0.0231. The van der Waals surface area contributed by atoms with Crippen LogP contribution in [-0.4, -0.2) is 29.4 Å². The first-order chi connectivity index (χ1) is 12.0. The molecule has 130 valence electrons. The summed E-state index contributed by atoms with van der Waals surface area (Å²) in [6.07, 6.45) is 0.281. The fourth-order valence-electron chi connectivity index (χ4n) is 2.77. The summed E-state index contributed by atoms with van der Waals surface area (Å²) in [6, 6.07) is 14.1. The number of hydrogen-bond donors (Lipinski definition) is 2. The van der Waals surface area contributed by atoms with E-state index in [0.717, 1.165) is 5.56 Å².